The van der Waals surface area contributed by atoms with Crippen molar-refractivity contribution in [2.45, 2.75) is 19.9 Å². The second kappa shape index (κ2) is 7.02. The minimum atomic E-state index is -0.478. The Morgan fingerprint density at radius 1 is 1.08 bits per heavy atom. The van der Waals surface area contributed by atoms with E-state index in [1.54, 1.807) is 36.6 Å². The van der Waals surface area contributed by atoms with Crippen LogP contribution in [0.5, 0.6) is 0 Å². The van der Waals surface area contributed by atoms with Gasteiger partial charge in [0.1, 0.15) is 6.61 Å². The summed E-state index contributed by atoms with van der Waals surface area (Å²) in [6, 6.07) is 6.59. The normalized spacial score (nSPS) is 13.2. The topological polar surface area (TPSA) is 85.7 Å². The van der Waals surface area contributed by atoms with E-state index in [-0.39, 0.29) is 42.8 Å². The molecule has 0 bridgehead atoms. The Morgan fingerprint density at radius 3 is 2.28 bits per heavy atom. The highest BCUT2D eigenvalue weighted by molar-refractivity contribution is 7.07. The lowest BCUT2D eigenvalue weighted by Gasteiger charge is -2.13. The zero-order valence-corrected chi connectivity index (χ0v) is 14.4. The van der Waals surface area contributed by atoms with Gasteiger partial charge >= 0.3 is 10.8 Å². The standard InChI is InChI=1S/C17H16N2O5S/c1-11-10-25-17(23)18(11)7-6-14(20)24-9-8-19-15(21)12-4-2-3-5-13(12)16(19)22/h2-5,10H,6-9H2,1H3. The van der Waals surface area contributed by atoms with Gasteiger partial charge < -0.3 is 9.30 Å². The van der Waals surface area contributed by atoms with Gasteiger partial charge in [-0.15, -0.1) is 0 Å². The number of benzene rings is 1. The van der Waals surface area contributed by atoms with Crippen molar-refractivity contribution >= 4 is 29.1 Å². The van der Waals surface area contributed by atoms with Gasteiger partial charge in [0.2, 0.25) is 0 Å². The monoisotopic (exact) mass is 360 g/mol. The predicted molar refractivity (Wildman–Crippen MR) is 90.7 cm³/mol. The third kappa shape index (κ3) is 3.39. The molecule has 3 rings (SSSR count). The van der Waals surface area contributed by atoms with Crippen molar-refractivity contribution in [1.29, 1.82) is 0 Å². The molecule has 0 radical (unpaired) electrons. The molecule has 0 N–H and O–H groups in total. The summed E-state index contributed by atoms with van der Waals surface area (Å²) in [6.07, 6.45) is 0.0552. The van der Waals surface area contributed by atoms with E-state index in [4.69, 9.17) is 4.74 Å². The quantitative estimate of drug-likeness (QED) is 0.575. The molecule has 0 unspecified atom stereocenters. The molecule has 0 saturated carbocycles. The van der Waals surface area contributed by atoms with Crippen LogP contribution in [0, 0.1) is 6.92 Å². The summed E-state index contributed by atoms with van der Waals surface area (Å²) in [7, 11) is 0. The number of hydrogen-bond acceptors (Lipinski definition) is 6. The van der Waals surface area contributed by atoms with Crippen molar-refractivity contribution in [3.8, 4) is 0 Å². The number of imide groups is 1. The van der Waals surface area contributed by atoms with Gasteiger partial charge in [0.05, 0.1) is 24.1 Å². The van der Waals surface area contributed by atoms with E-state index in [2.05, 4.69) is 0 Å². The fourth-order valence-electron chi connectivity index (χ4n) is 2.64. The molecule has 25 heavy (non-hydrogen) atoms. The summed E-state index contributed by atoms with van der Waals surface area (Å²) in [5, 5.41) is 1.73. The number of carbonyl (C=O) groups is 3. The van der Waals surface area contributed by atoms with Crippen LogP contribution in [0.25, 0.3) is 0 Å². The molecule has 0 fully saturated rings. The highest BCUT2D eigenvalue weighted by Gasteiger charge is 2.34. The number of carbonyl (C=O) groups excluding carboxylic acids is 3. The molecule has 7 nitrogen and oxygen atoms in total. The Bertz CT molecular complexity index is 863. The maximum absolute atomic E-state index is 12.2. The Hall–Kier alpha value is -2.74. The molecule has 0 spiro atoms. The Labute approximate surface area is 147 Å². The molecule has 2 aromatic rings. The van der Waals surface area contributed by atoms with Crippen LogP contribution in [0.3, 0.4) is 0 Å². The third-order valence-corrected chi connectivity index (χ3v) is 4.85. The molecule has 2 amide bonds. The summed E-state index contributed by atoms with van der Waals surface area (Å²) in [6.45, 7) is 1.99. The van der Waals surface area contributed by atoms with Crippen LogP contribution in [0.1, 0.15) is 32.8 Å². The lowest BCUT2D eigenvalue weighted by Crippen LogP contribution is -2.33. The number of aromatic nitrogens is 1. The van der Waals surface area contributed by atoms with Gasteiger partial charge in [0, 0.05) is 17.6 Å². The van der Waals surface area contributed by atoms with E-state index < -0.39 is 5.97 Å². The van der Waals surface area contributed by atoms with Gasteiger partial charge in [-0.25, -0.2) is 0 Å². The number of esters is 1. The first-order chi connectivity index (χ1) is 12.0. The number of rotatable bonds is 6. The molecule has 1 aromatic carbocycles. The largest absolute Gasteiger partial charge is 0.464 e. The van der Waals surface area contributed by atoms with Crippen molar-refractivity contribution in [3.05, 3.63) is 56.1 Å². The molecule has 1 aliphatic heterocycles. The number of amides is 2. The van der Waals surface area contributed by atoms with E-state index in [0.717, 1.165) is 21.9 Å². The Balaban J connectivity index is 1.49. The molecule has 0 saturated heterocycles. The lowest BCUT2D eigenvalue weighted by molar-refractivity contribution is -0.144. The van der Waals surface area contributed by atoms with E-state index in [9.17, 15) is 19.2 Å². The molecule has 0 atom stereocenters. The first kappa shape index (κ1) is 17.1. The zero-order valence-electron chi connectivity index (χ0n) is 13.6. The second-order valence-corrected chi connectivity index (χ2v) is 6.39. The fourth-order valence-corrected chi connectivity index (χ4v) is 3.40. The van der Waals surface area contributed by atoms with Gasteiger partial charge in [-0.05, 0) is 19.1 Å². The van der Waals surface area contributed by atoms with E-state index in [1.165, 1.54) is 4.57 Å². The van der Waals surface area contributed by atoms with E-state index in [1.807, 2.05) is 0 Å². The summed E-state index contributed by atoms with van der Waals surface area (Å²) in [5.74, 6) is -1.23. The van der Waals surface area contributed by atoms with Crippen LogP contribution in [0.4, 0.5) is 0 Å². The molecule has 8 heteroatoms. The summed E-state index contributed by atoms with van der Waals surface area (Å²) in [4.78, 5) is 48.7. The number of aryl methyl sites for hydroxylation is 1. The number of ether oxygens (including phenoxy) is 1. The molecule has 2 heterocycles. The molecular formula is C17H16N2O5S. The first-order valence-corrected chi connectivity index (χ1v) is 8.63. The number of fused-ring (bicyclic) bond motifs is 1. The van der Waals surface area contributed by atoms with Crippen molar-refractivity contribution < 1.29 is 19.1 Å². The highest BCUT2D eigenvalue weighted by atomic mass is 32.1. The van der Waals surface area contributed by atoms with Crippen LogP contribution in [0.2, 0.25) is 0 Å². The smallest absolute Gasteiger partial charge is 0.307 e. The predicted octanol–water partition coefficient (Wildman–Crippen LogP) is 1.45. The number of nitrogens with zero attached hydrogens (tertiary/aromatic N) is 2. The summed E-state index contributed by atoms with van der Waals surface area (Å²) < 4.78 is 6.59. The highest BCUT2D eigenvalue weighted by Crippen LogP contribution is 2.21. The van der Waals surface area contributed by atoms with Gasteiger partial charge in [0.25, 0.3) is 11.8 Å². The van der Waals surface area contributed by atoms with Gasteiger partial charge in [-0.2, -0.15) is 0 Å². The average molecular weight is 360 g/mol. The maximum atomic E-state index is 12.2. The molecule has 1 aromatic heterocycles. The lowest BCUT2D eigenvalue weighted by atomic mass is 10.1. The number of hydrogen-bond donors (Lipinski definition) is 0. The van der Waals surface area contributed by atoms with Crippen LogP contribution >= 0.6 is 11.3 Å². The minimum Gasteiger partial charge on any atom is -0.464 e. The fraction of sp³-hybridized carbons (Fsp3) is 0.294. The van der Waals surface area contributed by atoms with Crippen LogP contribution in [-0.4, -0.2) is 40.4 Å². The van der Waals surface area contributed by atoms with E-state index in [0.29, 0.717) is 11.1 Å². The molecular weight excluding hydrogens is 344 g/mol. The first-order valence-electron chi connectivity index (χ1n) is 7.75. The Morgan fingerprint density at radius 2 is 1.72 bits per heavy atom. The Kier molecular flexibility index (Phi) is 4.80. The molecule has 130 valence electrons. The summed E-state index contributed by atoms with van der Waals surface area (Å²) in [5.41, 5.74) is 1.53. The van der Waals surface area contributed by atoms with Gasteiger partial charge in [-0.3, -0.25) is 24.1 Å². The molecule has 0 aliphatic carbocycles. The SMILES string of the molecule is Cc1csc(=O)n1CCC(=O)OCCN1C(=O)c2ccccc2C1=O. The minimum absolute atomic E-state index is 0.00944. The van der Waals surface area contributed by atoms with Crippen molar-refractivity contribution in [1.82, 2.24) is 9.47 Å². The second-order valence-electron chi connectivity index (χ2n) is 5.57. The van der Waals surface area contributed by atoms with Crippen LogP contribution < -0.4 is 4.87 Å². The zero-order chi connectivity index (χ0) is 18.0. The van der Waals surface area contributed by atoms with Crippen molar-refractivity contribution in [2.24, 2.45) is 0 Å². The average Bonchev–Trinajstić information content (AvgIpc) is 3.05. The van der Waals surface area contributed by atoms with Crippen LogP contribution in [0.15, 0.2) is 34.4 Å². The van der Waals surface area contributed by atoms with Crippen molar-refractivity contribution in [2.75, 3.05) is 13.2 Å². The van der Waals surface area contributed by atoms with Gasteiger partial charge in [-0.1, -0.05) is 23.5 Å². The van der Waals surface area contributed by atoms with E-state index >= 15 is 0 Å². The molecule has 1 aliphatic rings. The van der Waals surface area contributed by atoms with Crippen molar-refractivity contribution in [3.63, 3.8) is 0 Å². The van der Waals surface area contributed by atoms with Crippen LogP contribution in [-0.2, 0) is 16.1 Å². The summed E-state index contributed by atoms with van der Waals surface area (Å²) >= 11 is 1.09. The van der Waals surface area contributed by atoms with Gasteiger partial charge in [0.15, 0.2) is 0 Å². The third-order valence-electron chi connectivity index (χ3n) is 3.97. The number of thiazole rings is 1. The maximum Gasteiger partial charge on any atom is 0.307 e.